The van der Waals surface area contributed by atoms with Gasteiger partial charge in [-0.2, -0.15) is 0 Å². The van der Waals surface area contributed by atoms with E-state index in [2.05, 4.69) is 5.32 Å². The van der Waals surface area contributed by atoms with Crippen molar-refractivity contribution < 1.29 is 28.7 Å². The molecule has 1 aromatic rings. The summed E-state index contributed by atoms with van der Waals surface area (Å²) in [6.07, 6.45) is -0.218. The Morgan fingerprint density at radius 1 is 1.22 bits per heavy atom. The van der Waals surface area contributed by atoms with Crippen LogP contribution in [0.2, 0.25) is 0 Å². The molecule has 0 saturated heterocycles. The number of nitro benzene ring substituents is 1. The Kier molecular flexibility index (Phi) is 7.48. The lowest BCUT2D eigenvalue weighted by Crippen LogP contribution is -2.16. The molecule has 0 unspecified atom stereocenters. The zero-order valence-corrected chi connectivity index (χ0v) is 12.9. The second kappa shape index (κ2) is 9.36. The summed E-state index contributed by atoms with van der Waals surface area (Å²) >= 11 is 0. The van der Waals surface area contributed by atoms with Crippen molar-refractivity contribution in [2.45, 2.75) is 12.8 Å². The van der Waals surface area contributed by atoms with Crippen LogP contribution in [0.4, 0.5) is 11.4 Å². The molecule has 9 nitrogen and oxygen atoms in total. The molecule has 0 aliphatic rings. The molecule has 0 atom stereocenters. The molecule has 9 heteroatoms. The predicted molar refractivity (Wildman–Crippen MR) is 80.3 cm³/mol. The molecular weight excluding hydrogens is 308 g/mol. The lowest BCUT2D eigenvalue weighted by molar-refractivity contribution is -0.384. The van der Waals surface area contributed by atoms with Gasteiger partial charge in [-0.25, -0.2) is 0 Å². The average Bonchev–Trinajstić information content (AvgIpc) is 2.53. The maximum absolute atomic E-state index is 11.8. The summed E-state index contributed by atoms with van der Waals surface area (Å²) in [5.41, 5.74) is -0.0143. The fourth-order valence-electron chi connectivity index (χ4n) is 1.65. The van der Waals surface area contributed by atoms with Gasteiger partial charge in [0.05, 0.1) is 30.7 Å². The highest BCUT2D eigenvalue weighted by Crippen LogP contribution is 2.28. The number of hydrogen-bond acceptors (Lipinski definition) is 7. The molecule has 0 bridgehead atoms. The van der Waals surface area contributed by atoms with Gasteiger partial charge in [0.25, 0.3) is 5.69 Å². The van der Waals surface area contributed by atoms with Crippen molar-refractivity contribution in [2.24, 2.45) is 0 Å². The van der Waals surface area contributed by atoms with Crippen molar-refractivity contribution in [2.75, 3.05) is 32.8 Å². The lowest BCUT2D eigenvalue weighted by Gasteiger charge is -2.10. The number of hydrogen-bond donors (Lipinski definition) is 1. The average molecular weight is 326 g/mol. The number of carbonyl (C=O) groups is 2. The molecule has 0 heterocycles. The fourth-order valence-corrected chi connectivity index (χ4v) is 1.65. The van der Waals surface area contributed by atoms with E-state index < -0.39 is 16.8 Å². The SMILES string of the molecule is COCCOC(=O)CCC(=O)Nc1cc([N+](=O)[O-])ccc1OC. The van der Waals surface area contributed by atoms with E-state index in [1.807, 2.05) is 0 Å². The first-order valence-corrected chi connectivity index (χ1v) is 6.74. The summed E-state index contributed by atoms with van der Waals surface area (Å²) in [4.78, 5) is 33.4. The van der Waals surface area contributed by atoms with Gasteiger partial charge >= 0.3 is 5.97 Å². The minimum atomic E-state index is -0.581. The molecule has 126 valence electrons. The zero-order chi connectivity index (χ0) is 17.2. The second-order valence-electron chi connectivity index (χ2n) is 4.40. The first kappa shape index (κ1) is 18.4. The summed E-state index contributed by atoms with van der Waals surface area (Å²) in [6, 6.07) is 3.84. The third kappa shape index (κ3) is 6.30. The summed E-state index contributed by atoms with van der Waals surface area (Å²) in [5, 5.41) is 13.2. The number of non-ortho nitro benzene ring substituents is 1. The zero-order valence-electron chi connectivity index (χ0n) is 12.9. The number of nitrogens with zero attached hydrogens (tertiary/aromatic N) is 1. The molecule has 23 heavy (non-hydrogen) atoms. The van der Waals surface area contributed by atoms with Gasteiger partial charge in [-0.05, 0) is 6.07 Å². The standard InChI is InChI=1S/C14H18N2O7/c1-21-7-8-23-14(18)6-5-13(17)15-11-9-10(16(19)20)3-4-12(11)22-2/h3-4,9H,5-8H2,1-2H3,(H,15,17). The van der Waals surface area contributed by atoms with E-state index in [0.29, 0.717) is 0 Å². The Labute approximate surface area is 132 Å². The number of rotatable bonds is 9. The van der Waals surface area contributed by atoms with E-state index in [0.717, 1.165) is 0 Å². The quantitative estimate of drug-likeness (QED) is 0.316. The Morgan fingerprint density at radius 3 is 2.57 bits per heavy atom. The van der Waals surface area contributed by atoms with Crippen LogP contribution in [0.25, 0.3) is 0 Å². The van der Waals surface area contributed by atoms with Gasteiger partial charge in [0.1, 0.15) is 12.4 Å². The Morgan fingerprint density at radius 2 is 1.96 bits per heavy atom. The number of benzene rings is 1. The highest BCUT2D eigenvalue weighted by Gasteiger charge is 2.14. The fraction of sp³-hybridized carbons (Fsp3) is 0.429. The minimum absolute atomic E-state index is 0.104. The molecule has 0 aliphatic carbocycles. The number of nitro groups is 1. The molecule has 0 fully saturated rings. The Balaban J connectivity index is 2.58. The molecule has 0 aliphatic heterocycles. The van der Waals surface area contributed by atoms with Crippen molar-refractivity contribution in [1.29, 1.82) is 0 Å². The summed E-state index contributed by atoms with van der Waals surface area (Å²) < 4.78 is 14.6. The first-order valence-electron chi connectivity index (χ1n) is 6.74. The largest absolute Gasteiger partial charge is 0.495 e. The van der Waals surface area contributed by atoms with Gasteiger partial charge in [-0.3, -0.25) is 19.7 Å². The van der Waals surface area contributed by atoms with Crippen LogP contribution in [0, 0.1) is 10.1 Å². The van der Waals surface area contributed by atoms with Crippen LogP contribution in [0.15, 0.2) is 18.2 Å². The van der Waals surface area contributed by atoms with Gasteiger partial charge in [-0.1, -0.05) is 0 Å². The number of esters is 1. The van der Waals surface area contributed by atoms with E-state index in [1.54, 1.807) is 0 Å². The van der Waals surface area contributed by atoms with Crippen LogP contribution in [-0.4, -0.2) is 44.2 Å². The van der Waals surface area contributed by atoms with E-state index >= 15 is 0 Å². The number of nitrogens with one attached hydrogen (secondary N) is 1. The predicted octanol–water partition coefficient (Wildman–Crippen LogP) is 1.51. The number of carbonyl (C=O) groups excluding carboxylic acids is 2. The second-order valence-corrected chi connectivity index (χ2v) is 4.40. The summed E-state index contributed by atoms with van der Waals surface area (Å²) in [6.45, 7) is 0.401. The van der Waals surface area contributed by atoms with Crippen LogP contribution in [-0.2, 0) is 19.1 Å². The van der Waals surface area contributed by atoms with E-state index in [-0.39, 0.29) is 43.2 Å². The van der Waals surface area contributed by atoms with Gasteiger partial charge in [-0.15, -0.1) is 0 Å². The molecule has 0 spiro atoms. The topological polar surface area (TPSA) is 117 Å². The molecule has 0 radical (unpaired) electrons. The molecule has 0 aromatic heterocycles. The molecule has 1 aromatic carbocycles. The third-order valence-electron chi connectivity index (χ3n) is 2.77. The van der Waals surface area contributed by atoms with Crippen molar-refractivity contribution in [3.63, 3.8) is 0 Å². The lowest BCUT2D eigenvalue weighted by atomic mass is 10.2. The van der Waals surface area contributed by atoms with E-state index in [4.69, 9.17) is 14.2 Å². The van der Waals surface area contributed by atoms with Crippen LogP contribution in [0.1, 0.15) is 12.8 Å². The number of ether oxygens (including phenoxy) is 3. The third-order valence-corrected chi connectivity index (χ3v) is 2.77. The molecular formula is C14H18N2O7. The smallest absolute Gasteiger partial charge is 0.306 e. The van der Waals surface area contributed by atoms with Gasteiger partial charge in [0.2, 0.25) is 5.91 Å². The molecule has 1 rings (SSSR count). The van der Waals surface area contributed by atoms with Crippen molar-refractivity contribution >= 4 is 23.3 Å². The van der Waals surface area contributed by atoms with Crippen LogP contribution in [0.5, 0.6) is 5.75 Å². The Bertz CT molecular complexity index is 574. The van der Waals surface area contributed by atoms with Crippen molar-refractivity contribution in [3.8, 4) is 5.75 Å². The number of methoxy groups -OCH3 is 2. The van der Waals surface area contributed by atoms with E-state index in [9.17, 15) is 19.7 Å². The summed E-state index contributed by atoms with van der Waals surface area (Å²) in [5.74, 6) is -0.720. The highest BCUT2D eigenvalue weighted by atomic mass is 16.6. The van der Waals surface area contributed by atoms with Crippen LogP contribution in [0.3, 0.4) is 0 Å². The monoisotopic (exact) mass is 326 g/mol. The first-order chi connectivity index (χ1) is 11.0. The normalized spacial score (nSPS) is 10.0. The molecule has 1 amide bonds. The van der Waals surface area contributed by atoms with Crippen molar-refractivity contribution in [3.05, 3.63) is 28.3 Å². The maximum Gasteiger partial charge on any atom is 0.306 e. The molecule has 0 saturated carbocycles. The van der Waals surface area contributed by atoms with Crippen LogP contribution >= 0.6 is 0 Å². The van der Waals surface area contributed by atoms with Gasteiger partial charge in [0, 0.05) is 25.7 Å². The number of amides is 1. The van der Waals surface area contributed by atoms with Gasteiger partial charge in [0.15, 0.2) is 0 Å². The number of anilines is 1. The highest BCUT2D eigenvalue weighted by molar-refractivity contribution is 5.94. The summed E-state index contributed by atoms with van der Waals surface area (Å²) in [7, 11) is 2.86. The minimum Gasteiger partial charge on any atom is -0.495 e. The van der Waals surface area contributed by atoms with Gasteiger partial charge < -0.3 is 19.5 Å². The maximum atomic E-state index is 11.8. The Hall–Kier alpha value is -2.68. The van der Waals surface area contributed by atoms with Crippen LogP contribution < -0.4 is 10.1 Å². The van der Waals surface area contributed by atoms with E-state index in [1.165, 1.54) is 32.4 Å². The van der Waals surface area contributed by atoms with Crippen molar-refractivity contribution in [1.82, 2.24) is 0 Å². The molecule has 1 N–H and O–H groups in total.